The summed E-state index contributed by atoms with van der Waals surface area (Å²) >= 11 is 0. The number of H-pyrrole nitrogens is 1. The zero-order valence-corrected chi connectivity index (χ0v) is 13.0. The molecule has 25 heavy (non-hydrogen) atoms. The normalized spacial score (nSPS) is 15.0. The number of amides is 1. The van der Waals surface area contributed by atoms with Crippen LogP contribution in [-0.4, -0.2) is 40.8 Å². The second kappa shape index (κ2) is 6.83. The van der Waals surface area contributed by atoms with Crippen LogP contribution in [0.5, 0.6) is 0 Å². The van der Waals surface area contributed by atoms with Crippen molar-refractivity contribution >= 4 is 5.91 Å². The molecule has 0 aliphatic carbocycles. The highest BCUT2D eigenvalue weighted by atomic mass is 19.4. The first-order valence-corrected chi connectivity index (χ1v) is 7.57. The minimum Gasteiger partial charge on any atom is -0.381 e. The summed E-state index contributed by atoms with van der Waals surface area (Å²) in [6.07, 6.45) is -4.65. The highest BCUT2D eigenvalue weighted by molar-refractivity contribution is 5.92. The molecule has 0 atom stereocenters. The number of carbonyl (C=O) groups is 1. The van der Waals surface area contributed by atoms with E-state index in [1.165, 1.54) is 23.1 Å². The van der Waals surface area contributed by atoms with Crippen LogP contribution in [0.4, 0.5) is 17.6 Å². The molecule has 134 valence electrons. The summed E-state index contributed by atoms with van der Waals surface area (Å²) in [5.74, 6) is -1.08. The van der Waals surface area contributed by atoms with Gasteiger partial charge in [0.2, 0.25) is 0 Å². The SMILES string of the molecule is O=C(c1cc(C(F)(F)F)n[nH]1)N(Cc1ccccc1F)CC1COC1. The molecule has 2 aromatic rings. The summed E-state index contributed by atoms with van der Waals surface area (Å²) in [7, 11) is 0. The number of alkyl halides is 3. The number of nitrogens with one attached hydrogen (secondary N) is 1. The summed E-state index contributed by atoms with van der Waals surface area (Å²) < 4.78 is 56.9. The Labute approximate surface area is 140 Å². The quantitative estimate of drug-likeness (QED) is 0.838. The van der Waals surface area contributed by atoms with Gasteiger partial charge in [-0.15, -0.1) is 0 Å². The van der Waals surface area contributed by atoms with Crippen molar-refractivity contribution in [2.24, 2.45) is 5.92 Å². The fourth-order valence-electron chi connectivity index (χ4n) is 2.50. The number of carbonyl (C=O) groups excluding carboxylic acids is 1. The van der Waals surface area contributed by atoms with Gasteiger partial charge in [-0.05, 0) is 6.07 Å². The van der Waals surface area contributed by atoms with Crippen molar-refractivity contribution in [1.82, 2.24) is 15.1 Å². The van der Waals surface area contributed by atoms with Crippen LogP contribution in [-0.2, 0) is 17.5 Å². The molecule has 2 heterocycles. The standard InChI is InChI=1S/C16H15F4N3O2/c17-12-4-2-1-3-11(12)7-23(6-10-8-25-9-10)15(24)13-5-14(22-21-13)16(18,19)20/h1-5,10H,6-9H2,(H,21,22). The highest BCUT2D eigenvalue weighted by Crippen LogP contribution is 2.28. The van der Waals surface area contributed by atoms with E-state index in [-0.39, 0.29) is 30.3 Å². The molecule has 0 unspecified atom stereocenters. The van der Waals surface area contributed by atoms with Crippen LogP contribution < -0.4 is 0 Å². The average Bonchev–Trinajstić information content (AvgIpc) is 3.01. The molecular formula is C16H15F4N3O2. The zero-order chi connectivity index (χ0) is 18.0. The van der Waals surface area contributed by atoms with Crippen molar-refractivity contribution in [2.45, 2.75) is 12.7 Å². The predicted molar refractivity (Wildman–Crippen MR) is 79.0 cm³/mol. The smallest absolute Gasteiger partial charge is 0.381 e. The van der Waals surface area contributed by atoms with E-state index in [1.54, 1.807) is 6.07 Å². The van der Waals surface area contributed by atoms with Gasteiger partial charge in [-0.2, -0.15) is 18.3 Å². The Morgan fingerprint density at radius 2 is 2.04 bits per heavy atom. The van der Waals surface area contributed by atoms with Crippen LogP contribution in [0.3, 0.4) is 0 Å². The Bertz CT molecular complexity index is 756. The molecule has 0 saturated carbocycles. The number of hydrogen-bond donors (Lipinski definition) is 1. The van der Waals surface area contributed by atoms with Gasteiger partial charge in [-0.3, -0.25) is 9.89 Å². The molecule has 0 spiro atoms. The maximum atomic E-state index is 13.9. The van der Waals surface area contributed by atoms with E-state index < -0.39 is 23.6 Å². The van der Waals surface area contributed by atoms with E-state index in [0.29, 0.717) is 19.3 Å². The van der Waals surface area contributed by atoms with E-state index in [4.69, 9.17) is 4.74 Å². The summed E-state index contributed by atoms with van der Waals surface area (Å²) in [5, 5.41) is 5.25. The lowest BCUT2D eigenvalue weighted by Crippen LogP contribution is -2.42. The highest BCUT2D eigenvalue weighted by Gasteiger charge is 2.35. The summed E-state index contributed by atoms with van der Waals surface area (Å²) in [5.41, 5.74) is -1.18. The minimum atomic E-state index is -4.65. The summed E-state index contributed by atoms with van der Waals surface area (Å²) in [4.78, 5) is 13.9. The van der Waals surface area contributed by atoms with Gasteiger partial charge in [0.05, 0.1) is 13.2 Å². The van der Waals surface area contributed by atoms with Crippen LogP contribution >= 0.6 is 0 Å². The van der Waals surface area contributed by atoms with E-state index in [1.807, 2.05) is 0 Å². The Balaban J connectivity index is 1.81. The Morgan fingerprint density at radius 1 is 1.32 bits per heavy atom. The monoisotopic (exact) mass is 357 g/mol. The number of rotatable bonds is 5. The van der Waals surface area contributed by atoms with Crippen molar-refractivity contribution in [2.75, 3.05) is 19.8 Å². The number of halogens is 4. The first-order chi connectivity index (χ1) is 11.8. The van der Waals surface area contributed by atoms with E-state index in [0.717, 1.165) is 0 Å². The fraction of sp³-hybridized carbons (Fsp3) is 0.375. The van der Waals surface area contributed by atoms with E-state index >= 15 is 0 Å². The molecule has 1 aromatic heterocycles. The van der Waals surface area contributed by atoms with Gasteiger partial charge in [0.15, 0.2) is 5.69 Å². The minimum absolute atomic E-state index is 0.0532. The molecular weight excluding hydrogens is 342 g/mol. The van der Waals surface area contributed by atoms with Crippen LogP contribution in [0.25, 0.3) is 0 Å². The molecule has 1 saturated heterocycles. The number of ether oxygens (including phenoxy) is 1. The molecule has 1 N–H and O–H groups in total. The third-order valence-corrected chi connectivity index (χ3v) is 3.89. The Hall–Kier alpha value is -2.42. The number of hydrogen-bond acceptors (Lipinski definition) is 3. The second-order valence-electron chi connectivity index (χ2n) is 5.85. The predicted octanol–water partition coefficient (Wildman–Crippen LogP) is 2.86. The lowest BCUT2D eigenvalue weighted by molar-refractivity contribution is -0.141. The molecule has 1 aromatic carbocycles. The molecule has 0 radical (unpaired) electrons. The average molecular weight is 357 g/mol. The van der Waals surface area contributed by atoms with Crippen LogP contribution in [0.15, 0.2) is 30.3 Å². The molecule has 3 rings (SSSR count). The molecule has 1 aliphatic rings. The van der Waals surface area contributed by atoms with Crippen molar-refractivity contribution < 1.29 is 27.1 Å². The van der Waals surface area contributed by atoms with Crippen LogP contribution in [0.2, 0.25) is 0 Å². The lowest BCUT2D eigenvalue weighted by Gasteiger charge is -2.32. The van der Waals surface area contributed by atoms with E-state index in [2.05, 4.69) is 10.2 Å². The fourth-order valence-corrected chi connectivity index (χ4v) is 2.50. The van der Waals surface area contributed by atoms with Crippen LogP contribution in [0, 0.1) is 11.7 Å². The molecule has 0 bridgehead atoms. The lowest BCUT2D eigenvalue weighted by atomic mass is 10.1. The first kappa shape index (κ1) is 17.4. The van der Waals surface area contributed by atoms with Crippen molar-refractivity contribution in [3.63, 3.8) is 0 Å². The van der Waals surface area contributed by atoms with Crippen LogP contribution in [0.1, 0.15) is 21.7 Å². The van der Waals surface area contributed by atoms with Gasteiger partial charge in [0, 0.05) is 30.6 Å². The third-order valence-electron chi connectivity index (χ3n) is 3.89. The van der Waals surface area contributed by atoms with E-state index in [9.17, 15) is 22.4 Å². The number of benzene rings is 1. The topological polar surface area (TPSA) is 58.2 Å². The summed E-state index contributed by atoms with van der Waals surface area (Å²) in [6, 6.07) is 6.61. The van der Waals surface area contributed by atoms with Crippen molar-refractivity contribution in [1.29, 1.82) is 0 Å². The third kappa shape index (κ3) is 3.98. The first-order valence-electron chi connectivity index (χ1n) is 7.57. The van der Waals surface area contributed by atoms with Gasteiger partial charge in [0.25, 0.3) is 5.91 Å². The molecule has 1 aliphatic heterocycles. The molecule has 1 amide bonds. The summed E-state index contributed by atoms with van der Waals surface area (Å²) in [6.45, 7) is 1.12. The number of nitrogens with zero attached hydrogens (tertiary/aromatic N) is 2. The number of aromatic nitrogens is 2. The largest absolute Gasteiger partial charge is 0.435 e. The van der Waals surface area contributed by atoms with Crippen molar-refractivity contribution in [3.05, 3.63) is 53.1 Å². The van der Waals surface area contributed by atoms with Gasteiger partial charge in [-0.25, -0.2) is 4.39 Å². The van der Waals surface area contributed by atoms with Crippen molar-refractivity contribution in [3.8, 4) is 0 Å². The second-order valence-corrected chi connectivity index (χ2v) is 5.85. The molecule has 1 fully saturated rings. The van der Waals surface area contributed by atoms with Gasteiger partial charge < -0.3 is 9.64 Å². The Kier molecular flexibility index (Phi) is 4.76. The Morgan fingerprint density at radius 3 is 2.60 bits per heavy atom. The number of aromatic amines is 1. The molecule has 9 heteroatoms. The maximum absolute atomic E-state index is 13.9. The zero-order valence-electron chi connectivity index (χ0n) is 13.0. The maximum Gasteiger partial charge on any atom is 0.435 e. The van der Waals surface area contributed by atoms with Gasteiger partial charge in [0.1, 0.15) is 11.5 Å². The van der Waals surface area contributed by atoms with Gasteiger partial charge >= 0.3 is 6.18 Å². The molecule has 5 nitrogen and oxygen atoms in total. The van der Waals surface area contributed by atoms with Gasteiger partial charge in [-0.1, -0.05) is 18.2 Å².